The number of allylic oxidation sites excluding steroid dienone is 1. The molecule has 2 aliphatic carbocycles. The summed E-state index contributed by atoms with van der Waals surface area (Å²) in [5, 5.41) is 36.1. The van der Waals surface area contributed by atoms with Crippen molar-refractivity contribution in [1.82, 2.24) is 4.98 Å². The number of thioether (sulfide) groups is 1. The Morgan fingerprint density at radius 1 is 0.949 bits per heavy atom. The molecule has 1 fully saturated rings. The van der Waals surface area contributed by atoms with E-state index in [1.807, 2.05) is 84.8 Å². The van der Waals surface area contributed by atoms with Gasteiger partial charge in [-0.25, -0.2) is 0 Å². The van der Waals surface area contributed by atoms with Gasteiger partial charge in [-0.1, -0.05) is 66.5 Å². The summed E-state index contributed by atoms with van der Waals surface area (Å²) < 4.78 is 20.7. The number of rotatable bonds is 21. The van der Waals surface area contributed by atoms with E-state index in [0.717, 1.165) is 60.3 Å². The Morgan fingerprint density at radius 3 is 2.49 bits per heavy atom. The van der Waals surface area contributed by atoms with Crippen molar-refractivity contribution in [3.63, 3.8) is 0 Å². The van der Waals surface area contributed by atoms with Crippen LogP contribution in [0.2, 0.25) is 0 Å². The van der Waals surface area contributed by atoms with Crippen molar-refractivity contribution in [2.24, 2.45) is 22.9 Å². The molecule has 0 radical (unpaired) electrons. The van der Waals surface area contributed by atoms with Crippen LogP contribution in [-0.4, -0.2) is 62.4 Å². The van der Waals surface area contributed by atoms with E-state index in [1.165, 1.54) is 17.7 Å². The molecular weight excluding hydrogens is 767 g/mol. The largest absolute Gasteiger partial charge is 0.460 e. The van der Waals surface area contributed by atoms with Crippen LogP contribution in [0, 0.1) is 27.9 Å². The second kappa shape index (κ2) is 20.3. The number of aromatic nitrogens is 1. The summed E-state index contributed by atoms with van der Waals surface area (Å²) in [5.41, 5.74) is 5.04. The van der Waals surface area contributed by atoms with Crippen molar-refractivity contribution in [1.29, 1.82) is 0 Å². The third kappa shape index (κ3) is 9.90. The number of non-ortho nitro benzene ring substituents is 1. The smallest absolute Gasteiger partial charge is 0.273 e. The van der Waals surface area contributed by atoms with Crippen LogP contribution in [0.25, 0.3) is 0 Å². The van der Waals surface area contributed by atoms with Crippen LogP contribution in [0.5, 0.6) is 17.2 Å². The number of aryl methyl sites for hydroxylation is 1. The zero-order chi connectivity index (χ0) is 41.0. The highest BCUT2D eigenvalue weighted by Gasteiger charge is 2.64. The zero-order valence-electron chi connectivity index (χ0n) is 33.3. The van der Waals surface area contributed by atoms with Gasteiger partial charge in [-0.2, -0.15) is 11.8 Å². The number of ether oxygens (including phenoxy) is 3. The molecule has 3 aromatic carbocycles. The molecule has 6 atom stereocenters. The maximum Gasteiger partial charge on any atom is 0.273 e. The number of hydrogen-bond acceptors (Lipinski definition) is 11. The SMILES string of the molecule is C=CCOC12Oc3ccc(Oc4cccc([N+](=O)[O-])c4)cc3C3C(CCCCO)C(CCCCO)C=C(C(=NOCc4ccccc4)CC1SCCc1ccncc1)C32. The Balaban J connectivity index is 1.36. The van der Waals surface area contributed by atoms with Gasteiger partial charge in [-0.15, -0.1) is 6.58 Å². The van der Waals surface area contributed by atoms with Gasteiger partial charge < -0.3 is 29.3 Å². The van der Waals surface area contributed by atoms with Crippen LogP contribution in [-0.2, 0) is 22.6 Å². The summed E-state index contributed by atoms with van der Waals surface area (Å²) >= 11 is 1.81. The normalized spacial score (nSPS) is 23.7. The number of aliphatic hydroxyl groups is 2. The van der Waals surface area contributed by atoms with Crippen molar-refractivity contribution in [2.45, 2.75) is 74.9 Å². The van der Waals surface area contributed by atoms with Crippen molar-refractivity contribution >= 4 is 23.2 Å². The van der Waals surface area contributed by atoms with Gasteiger partial charge in [-0.05, 0) is 103 Å². The van der Waals surface area contributed by atoms with E-state index in [9.17, 15) is 20.3 Å². The molecule has 1 aliphatic heterocycles. The van der Waals surface area contributed by atoms with Crippen molar-refractivity contribution in [2.75, 3.05) is 25.6 Å². The van der Waals surface area contributed by atoms with E-state index in [4.69, 9.17) is 24.2 Å². The first-order valence-corrected chi connectivity index (χ1v) is 21.7. The summed E-state index contributed by atoms with van der Waals surface area (Å²) in [6.45, 7) is 4.86. The first-order chi connectivity index (χ1) is 28.9. The lowest BCUT2D eigenvalue weighted by Crippen LogP contribution is -2.64. The van der Waals surface area contributed by atoms with E-state index >= 15 is 0 Å². The van der Waals surface area contributed by atoms with E-state index < -0.39 is 10.7 Å². The van der Waals surface area contributed by atoms with E-state index in [1.54, 1.807) is 18.2 Å². The third-order valence-corrected chi connectivity index (χ3v) is 12.9. The monoisotopic (exact) mass is 819 g/mol. The summed E-state index contributed by atoms with van der Waals surface area (Å²) in [5.74, 6) is 1.10. The number of hydrogen-bond donors (Lipinski definition) is 2. The van der Waals surface area contributed by atoms with Gasteiger partial charge in [0.2, 0.25) is 5.79 Å². The zero-order valence-corrected chi connectivity index (χ0v) is 34.1. The minimum absolute atomic E-state index is 0.0550. The van der Waals surface area contributed by atoms with Gasteiger partial charge >= 0.3 is 0 Å². The fraction of sp³-hybridized carbons (Fsp3) is 0.404. The van der Waals surface area contributed by atoms with Crippen molar-refractivity contribution < 1.29 is 34.2 Å². The molecule has 12 heteroatoms. The molecule has 11 nitrogen and oxygen atoms in total. The number of aliphatic hydroxyl groups excluding tert-OH is 2. The molecule has 0 saturated heterocycles. The fourth-order valence-corrected chi connectivity index (χ4v) is 10.4. The average molecular weight is 820 g/mol. The number of benzene rings is 3. The minimum Gasteiger partial charge on any atom is -0.460 e. The lowest BCUT2D eigenvalue weighted by Gasteiger charge is -2.58. The van der Waals surface area contributed by atoms with Crippen LogP contribution in [0.3, 0.4) is 0 Å². The van der Waals surface area contributed by atoms with Crippen LogP contribution in [0.15, 0.2) is 127 Å². The van der Waals surface area contributed by atoms with E-state index in [2.05, 4.69) is 17.6 Å². The maximum absolute atomic E-state index is 11.6. The minimum atomic E-state index is -1.10. The molecule has 7 rings (SSSR count). The summed E-state index contributed by atoms with van der Waals surface area (Å²) in [4.78, 5) is 21.6. The highest BCUT2D eigenvalue weighted by atomic mass is 32.2. The van der Waals surface area contributed by atoms with Gasteiger partial charge in [0.15, 0.2) is 0 Å². The molecule has 2 heterocycles. The standard InChI is InChI=1S/C47H53N3O8S/c1-2-26-55-47-44(59-27-21-33-19-22-48-23-20-33)31-42(49-56-32-34-11-4-3-5-12-34)40-28-35(13-6-8-24-51)39(16-7-9-25-52)45(46(40)47)41-30-38(17-18-43(41)58-47)57-37-15-10-14-36(29-37)50(53)54/h2-5,10-12,14-15,17-20,22-23,28-30,35,39,44-46,51-52H,1,6-9,13,16,21,24-27,31-32H2. The molecule has 1 aromatic heterocycles. The Labute approximate surface area is 350 Å². The van der Waals surface area contributed by atoms with Gasteiger partial charge in [-0.3, -0.25) is 15.1 Å². The van der Waals surface area contributed by atoms with Gasteiger partial charge in [0.05, 0.1) is 34.5 Å². The van der Waals surface area contributed by atoms with Gasteiger partial charge in [0.25, 0.3) is 5.69 Å². The van der Waals surface area contributed by atoms with Crippen molar-refractivity contribution in [3.05, 3.63) is 148 Å². The Kier molecular flexibility index (Phi) is 14.5. The Bertz CT molecular complexity index is 2080. The lowest BCUT2D eigenvalue weighted by molar-refractivity contribution is -0.384. The molecular formula is C47H53N3O8S. The van der Waals surface area contributed by atoms with Crippen LogP contribution in [0.1, 0.15) is 67.6 Å². The molecule has 59 heavy (non-hydrogen) atoms. The highest BCUT2D eigenvalue weighted by molar-refractivity contribution is 8.00. The molecule has 4 aromatic rings. The number of pyridine rings is 1. The van der Waals surface area contributed by atoms with Gasteiger partial charge in [0.1, 0.15) is 23.9 Å². The quantitative estimate of drug-likeness (QED) is 0.0361. The topological polar surface area (TPSA) is 146 Å². The van der Waals surface area contributed by atoms with E-state index in [-0.39, 0.29) is 54.4 Å². The number of nitrogens with zero attached hydrogens (tertiary/aromatic N) is 3. The lowest BCUT2D eigenvalue weighted by atomic mass is 9.56. The molecule has 310 valence electrons. The number of nitro groups is 1. The molecule has 6 unspecified atom stereocenters. The highest BCUT2D eigenvalue weighted by Crippen LogP contribution is 2.62. The molecule has 0 bridgehead atoms. The van der Waals surface area contributed by atoms with Crippen LogP contribution in [0.4, 0.5) is 5.69 Å². The predicted octanol–water partition coefficient (Wildman–Crippen LogP) is 9.59. The molecule has 1 saturated carbocycles. The Morgan fingerprint density at radius 2 is 1.73 bits per heavy atom. The predicted molar refractivity (Wildman–Crippen MR) is 230 cm³/mol. The van der Waals surface area contributed by atoms with Crippen LogP contribution < -0.4 is 9.47 Å². The van der Waals surface area contributed by atoms with Crippen molar-refractivity contribution in [3.8, 4) is 17.2 Å². The molecule has 3 aliphatic rings. The summed E-state index contributed by atoms with van der Waals surface area (Å²) in [6, 6.07) is 26.1. The molecule has 0 amide bonds. The van der Waals surface area contributed by atoms with Crippen LogP contribution >= 0.6 is 11.8 Å². The summed E-state index contributed by atoms with van der Waals surface area (Å²) in [7, 11) is 0. The second-order valence-corrected chi connectivity index (χ2v) is 16.6. The first-order valence-electron chi connectivity index (χ1n) is 20.6. The third-order valence-electron chi connectivity index (χ3n) is 11.6. The number of oxime groups is 1. The maximum atomic E-state index is 11.6. The molecule has 2 N–H and O–H groups in total. The number of unbranched alkanes of at least 4 members (excludes halogenated alkanes) is 2. The molecule has 0 spiro atoms. The van der Waals surface area contributed by atoms with E-state index in [0.29, 0.717) is 43.1 Å². The number of fused-ring (bicyclic) bond motifs is 2. The summed E-state index contributed by atoms with van der Waals surface area (Å²) in [6.07, 6.45) is 13.9. The average Bonchev–Trinajstić information content (AvgIpc) is 3.26. The van der Waals surface area contributed by atoms with Gasteiger partial charge in [0, 0.05) is 49.6 Å². The fourth-order valence-electron chi connectivity index (χ4n) is 8.96. The Hall–Kier alpha value is -5.01. The second-order valence-electron chi connectivity index (χ2n) is 15.3. The number of nitro benzene ring substituents is 1. The first kappa shape index (κ1) is 42.1.